The fourth-order valence-corrected chi connectivity index (χ4v) is 2.90. The Hall–Kier alpha value is -1.82. The van der Waals surface area contributed by atoms with Crippen molar-refractivity contribution in [3.8, 4) is 0 Å². The number of amides is 1. The lowest BCUT2D eigenvalue weighted by atomic mass is 9.95. The van der Waals surface area contributed by atoms with E-state index in [2.05, 4.69) is 17.0 Å². The van der Waals surface area contributed by atoms with Crippen molar-refractivity contribution in [3.63, 3.8) is 0 Å². The van der Waals surface area contributed by atoms with Crippen molar-refractivity contribution in [1.29, 1.82) is 0 Å². The first-order valence-corrected chi connectivity index (χ1v) is 8.71. The van der Waals surface area contributed by atoms with Gasteiger partial charge in [-0.15, -0.1) is 0 Å². The van der Waals surface area contributed by atoms with Gasteiger partial charge in [0.1, 0.15) is 5.60 Å². The summed E-state index contributed by atoms with van der Waals surface area (Å²) in [4.78, 5) is 14.0. The molecule has 1 aliphatic rings. The average molecular weight is 334 g/mol. The van der Waals surface area contributed by atoms with Crippen LogP contribution in [-0.4, -0.2) is 46.0 Å². The van der Waals surface area contributed by atoms with E-state index in [0.29, 0.717) is 5.92 Å². The normalized spacial score (nSPS) is 18.5. The van der Waals surface area contributed by atoms with E-state index in [1.54, 1.807) is 10.9 Å². The second kappa shape index (κ2) is 8.33. The van der Waals surface area contributed by atoms with E-state index < -0.39 is 5.60 Å². The van der Waals surface area contributed by atoms with Crippen molar-refractivity contribution in [3.05, 3.63) is 24.5 Å². The van der Waals surface area contributed by atoms with Crippen LogP contribution in [0.25, 0.3) is 6.20 Å². The number of carbonyl (C=O) groups excluding carboxylic acids is 1. The lowest BCUT2D eigenvalue weighted by molar-refractivity contribution is 0.0162. The van der Waals surface area contributed by atoms with Gasteiger partial charge >= 0.3 is 6.09 Å². The summed E-state index contributed by atoms with van der Waals surface area (Å²) in [6.07, 6.45) is 8.60. The van der Waals surface area contributed by atoms with Crippen LogP contribution in [0.3, 0.4) is 0 Å². The average Bonchev–Trinajstić information content (AvgIpc) is 2.98. The Balaban J connectivity index is 1.69. The van der Waals surface area contributed by atoms with Gasteiger partial charge in [-0.25, -0.2) is 9.48 Å². The maximum atomic E-state index is 12.2. The van der Waals surface area contributed by atoms with E-state index in [4.69, 9.17) is 4.74 Å². The van der Waals surface area contributed by atoms with Crippen LogP contribution in [-0.2, 0) is 11.3 Å². The molecule has 24 heavy (non-hydrogen) atoms. The number of hydrogen-bond donors (Lipinski definition) is 1. The van der Waals surface area contributed by atoms with Gasteiger partial charge in [0, 0.05) is 37.6 Å². The first kappa shape index (κ1) is 18.5. The number of carbonyl (C=O) groups is 1. The van der Waals surface area contributed by atoms with Gasteiger partial charge in [0.2, 0.25) is 0 Å². The summed E-state index contributed by atoms with van der Waals surface area (Å²) in [5.41, 5.74) is 0.718. The van der Waals surface area contributed by atoms with E-state index in [0.717, 1.165) is 44.6 Å². The summed E-state index contributed by atoms with van der Waals surface area (Å²) in [6.45, 7) is 12.7. The summed E-state index contributed by atoms with van der Waals surface area (Å²) in [7, 11) is 0. The van der Waals surface area contributed by atoms with Gasteiger partial charge in [-0.2, -0.15) is 5.10 Å². The van der Waals surface area contributed by atoms with Gasteiger partial charge in [0.05, 0.1) is 6.20 Å². The molecule has 1 aromatic rings. The SMILES string of the molecule is C=Cn1cc(CNCCC2CCCN(C(=O)OC(C)(C)C)C2)cn1. The van der Waals surface area contributed by atoms with Crippen LogP contribution in [0.15, 0.2) is 19.0 Å². The Kier molecular flexibility index (Phi) is 6.43. The van der Waals surface area contributed by atoms with Crippen molar-refractivity contribution in [2.75, 3.05) is 19.6 Å². The maximum Gasteiger partial charge on any atom is 0.410 e. The molecule has 0 radical (unpaired) electrons. The first-order valence-electron chi connectivity index (χ1n) is 8.71. The second-order valence-corrected chi connectivity index (χ2v) is 7.41. The van der Waals surface area contributed by atoms with E-state index in [1.807, 2.05) is 38.1 Å². The standard InChI is InChI=1S/C18H30N4O2/c1-5-22-14-16(12-20-22)11-19-9-8-15-7-6-10-21(13-15)17(23)24-18(2,3)4/h5,12,14-15,19H,1,6-11,13H2,2-4H3. The third-order valence-corrected chi connectivity index (χ3v) is 4.07. The molecule has 2 rings (SSSR count). The van der Waals surface area contributed by atoms with Gasteiger partial charge in [0.25, 0.3) is 0 Å². The molecule has 0 aliphatic carbocycles. The third kappa shape index (κ3) is 6.00. The monoisotopic (exact) mass is 334 g/mol. The topological polar surface area (TPSA) is 59.4 Å². The first-order chi connectivity index (χ1) is 11.4. The fourth-order valence-electron chi connectivity index (χ4n) is 2.90. The molecule has 6 nitrogen and oxygen atoms in total. The zero-order valence-corrected chi connectivity index (χ0v) is 15.1. The molecule has 0 aromatic carbocycles. The number of rotatable bonds is 6. The minimum Gasteiger partial charge on any atom is -0.444 e. The highest BCUT2D eigenvalue weighted by molar-refractivity contribution is 5.68. The minimum atomic E-state index is -0.429. The Bertz CT molecular complexity index is 547. The van der Waals surface area contributed by atoms with Crippen molar-refractivity contribution >= 4 is 12.3 Å². The van der Waals surface area contributed by atoms with Crippen LogP contribution in [0.1, 0.15) is 45.6 Å². The highest BCUT2D eigenvalue weighted by Crippen LogP contribution is 2.21. The van der Waals surface area contributed by atoms with Crippen LogP contribution < -0.4 is 5.32 Å². The van der Waals surface area contributed by atoms with Crippen LogP contribution in [0, 0.1) is 5.92 Å². The molecular formula is C18H30N4O2. The Morgan fingerprint density at radius 2 is 2.33 bits per heavy atom. The van der Waals surface area contributed by atoms with Gasteiger partial charge in [-0.3, -0.25) is 0 Å². The van der Waals surface area contributed by atoms with E-state index >= 15 is 0 Å². The van der Waals surface area contributed by atoms with Crippen LogP contribution in [0.2, 0.25) is 0 Å². The zero-order chi connectivity index (χ0) is 17.6. The molecule has 0 spiro atoms. The molecule has 1 fully saturated rings. The van der Waals surface area contributed by atoms with Crippen molar-refractivity contribution in [2.24, 2.45) is 5.92 Å². The van der Waals surface area contributed by atoms with E-state index in [-0.39, 0.29) is 6.09 Å². The lowest BCUT2D eigenvalue weighted by Gasteiger charge is -2.34. The summed E-state index contributed by atoms with van der Waals surface area (Å²) < 4.78 is 7.18. The van der Waals surface area contributed by atoms with Gasteiger partial charge < -0.3 is 15.0 Å². The number of nitrogens with zero attached hydrogens (tertiary/aromatic N) is 3. The summed E-state index contributed by atoms with van der Waals surface area (Å²) >= 11 is 0. The largest absolute Gasteiger partial charge is 0.444 e. The zero-order valence-electron chi connectivity index (χ0n) is 15.1. The molecular weight excluding hydrogens is 304 g/mol. The van der Waals surface area contributed by atoms with Crippen LogP contribution in [0.4, 0.5) is 4.79 Å². The highest BCUT2D eigenvalue weighted by Gasteiger charge is 2.27. The van der Waals surface area contributed by atoms with Crippen molar-refractivity contribution < 1.29 is 9.53 Å². The van der Waals surface area contributed by atoms with Gasteiger partial charge in [0.15, 0.2) is 0 Å². The number of ether oxygens (including phenoxy) is 1. The Morgan fingerprint density at radius 3 is 3.00 bits per heavy atom. The fraction of sp³-hybridized carbons (Fsp3) is 0.667. The molecule has 134 valence electrons. The molecule has 1 aliphatic heterocycles. The number of nitrogens with one attached hydrogen (secondary N) is 1. The number of likely N-dealkylation sites (tertiary alicyclic amines) is 1. The molecule has 2 heterocycles. The number of aromatic nitrogens is 2. The molecule has 1 amide bonds. The molecule has 0 bridgehead atoms. The smallest absolute Gasteiger partial charge is 0.410 e. The molecule has 1 N–H and O–H groups in total. The van der Waals surface area contributed by atoms with Crippen molar-refractivity contribution in [2.45, 2.75) is 52.2 Å². The minimum absolute atomic E-state index is 0.183. The summed E-state index contributed by atoms with van der Waals surface area (Å²) in [6, 6.07) is 0. The number of hydrogen-bond acceptors (Lipinski definition) is 4. The van der Waals surface area contributed by atoms with Gasteiger partial charge in [-0.1, -0.05) is 6.58 Å². The molecule has 0 saturated carbocycles. The Labute approximate surface area is 144 Å². The number of piperidine rings is 1. The predicted octanol–water partition coefficient (Wildman–Crippen LogP) is 3.11. The molecule has 1 saturated heterocycles. The van der Waals surface area contributed by atoms with Gasteiger partial charge in [-0.05, 0) is 52.5 Å². The quantitative estimate of drug-likeness (QED) is 0.812. The van der Waals surface area contributed by atoms with Crippen LogP contribution in [0.5, 0.6) is 0 Å². The lowest BCUT2D eigenvalue weighted by Crippen LogP contribution is -2.43. The summed E-state index contributed by atoms with van der Waals surface area (Å²) in [5.74, 6) is 0.537. The molecule has 1 aromatic heterocycles. The van der Waals surface area contributed by atoms with Crippen molar-refractivity contribution in [1.82, 2.24) is 20.0 Å². The van der Waals surface area contributed by atoms with E-state index in [1.165, 1.54) is 6.42 Å². The molecule has 6 heteroatoms. The maximum absolute atomic E-state index is 12.2. The Morgan fingerprint density at radius 1 is 1.54 bits per heavy atom. The highest BCUT2D eigenvalue weighted by atomic mass is 16.6. The molecule has 1 unspecified atom stereocenters. The van der Waals surface area contributed by atoms with Crippen LogP contribution >= 0.6 is 0 Å². The third-order valence-electron chi connectivity index (χ3n) is 4.07. The van der Waals surface area contributed by atoms with E-state index in [9.17, 15) is 4.79 Å². The summed E-state index contributed by atoms with van der Waals surface area (Å²) in [5, 5.41) is 7.61. The predicted molar refractivity (Wildman–Crippen MR) is 95.5 cm³/mol. The second-order valence-electron chi connectivity index (χ2n) is 7.41. The molecule has 1 atom stereocenters.